The lowest BCUT2D eigenvalue weighted by atomic mass is 10.0. The van der Waals surface area contributed by atoms with Crippen LogP contribution in [0.15, 0.2) is 69.9 Å². The third-order valence-corrected chi connectivity index (χ3v) is 4.52. The van der Waals surface area contributed by atoms with Crippen LogP contribution in [-0.4, -0.2) is 6.79 Å². The highest BCUT2D eigenvalue weighted by molar-refractivity contribution is 6.06. The van der Waals surface area contributed by atoms with Gasteiger partial charge >= 0.3 is 5.63 Å². The van der Waals surface area contributed by atoms with E-state index in [-0.39, 0.29) is 12.4 Å². The first kappa shape index (κ1) is 14.8. The van der Waals surface area contributed by atoms with Gasteiger partial charge in [-0.15, -0.1) is 0 Å². The minimum Gasteiger partial charge on any atom is -0.454 e. The Bertz CT molecular complexity index is 1230. The Balaban J connectivity index is 1.64. The van der Waals surface area contributed by atoms with Gasteiger partial charge in [0, 0.05) is 16.8 Å². The van der Waals surface area contributed by atoms with E-state index in [4.69, 9.17) is 13.9 Å². The highest BCUT2D eigenvalue weighted by Gasteiger charge is 2.12. The van der Waals surface area contributed by atoms with Crippen molar-refractivity contribution < 1.29 is 13.9 Å². The van der Waals surface area contributed by atoms with Crippen molar-refractivity contribution in [1.29, 1.82) is 0 Å². The van der Waals surface area contributed by atoms with Gasteiger partial charge in [0.1, 0.15) is 5.58 Å². The van der Waals surface area contributed by atoms with Gasteiger partial charge in [-0.25, -0.2) is 4.79 Å². The second-order valence-electron chi connectivity index (χ2n) is 6.13. The molecule has 1 aliphatic heterocycles. The maximum atomic E-state index is 12.1. The van der Waals surface area contributed by atoms with E-state index in [1.165, 1.54) is 6.07 Å². The Labute approximate surface area is 148 Å². The predicted molar refractivity (Wildman–Crippen MR) is 101 cm³/mol. The lowest BCUT2D eigenvalue weighted by Gasteiger charge is -2.05. The van der Waals surface area contributed by atoms with Gasteiger partial charge in [0.2, 0.25) is 6.79 Å². The Hall–Kier alpha value is -3.53. The van der Waals surface area contributed by atoms with Crippen LogP contribution in [0.25, 0.3) is 33.9 Å². The van der Waals surface area contributed by atoms with Gasteiger partial charge in [-0.2, -0.15) is 0 Å². The molecule has 0 saturated carbocycles. The van der Waals surface area contributed by atoms with Crippen molar-refractivity contribution in [2.24, 2.45) is 0 Å². The summed E-state index contributed by atoms with van der Waals surface area (Å²) in [4.78, 5) is 12.1. The highest BCUT2D eigenvalue weighted by atomic mass is 16.7. The molecule has 4 nitrogen and oxygen atoms in total. The summed E-state index contributed by atoms with van der Waals surface area (Å²) in [6.07, 6.45) is 3.87. The molecule has 1 aliphatic rings. The third-order valence-electron chi connectivity index (χ3n) is 4.52. The Morgan fingerprint density at radius 1 is 0.808 bits per heavy atom. The topological polar surface area (TPSA) is 48.7 Å². The average Bonchev–Trinajstić information content (AvgIpc) is 3.13. The quantitative estimate of drug-likeness (QED) is 0.386. The number of hydrogen-bond donors (Lipinski definition) is 0. The summed E-state index contributed by atoms with van der Waals surface area (Å²) >= 11 is 0. The maximum absolute atomic E-state index is 12.1. The summed E-state index contributed by atoms with van der Waals surface area (Å²) in [5.74, 6) is 1.48. The molecule has 3 aromatic carbocycles. The van der Waals surface area contributed by atoms with Crippen molar-refractivity contribution in [2.75, 3.05) is 6.79 Å². The van der Waals surface area contributed by atoms with Crippen molar-refractivity contribution in [3.63, 3.8) is 0 Å². The van der Waals surface area contributed by atoms with Crippen LogP contribution in [0.2, 0.25) is 0 Å². The van der Waals surface area contributed by atoms with E-state index in [9.17, 15) is 4.79 Å². The highest BCUT2D eigenvalue weighted by Crippen LogP contribution is 2.33. The first-order chi connectivity index (χ1) is 12.8. The lowest BCUT2D eigenvalue weighted by Crippen LogP contribution is -1.98. The van der Waals surface area contributed by atoms with Crippen LogP contribution in [0.5, 0.6) is 11.5 Å². The average molecular weight is 342 g/mol. The van der Waals surface area contributed by atoms with Crippen molar-refractivity contribution in [1.82, 2.24) is 0 Å². The number of ether oxygens (including phenoxy) is 2. The minimum absolute atomic E-state index is 0.250. The molecule has 0 amide bonds. The van der Waals surface area contributed by atoms with Gasteiger partial charge < -0.3 is 13.9 Å². The van der Waals surface area contributed by atoms with E-state index in [2.05, 4.69) is 0 Å². The molecule has 1 aromatic heterocycles. The minimum atomic E-state index is -0.362. The molecule has 126 valence electrons. The molecule has 26 heavy (non-hydrogen) atoms. The third kappa shape index (κ3) is 2.43. The molecule has 0 aliphatic carbocycles. The van der Waals surface area contributed by atoms with Gasteiger partial charge in [0.05, 0.1) is 0 Å². The number of hydrogen-bond acceptors (Lipinski definition) is 4. The van der Waals surface area contributed by atoms with Crippen molar-refractivity contribution in [2.45, 2.75) is 0 Å². The molecule has 0 radical (unpaired) electrons. The summed E-state index contributed by atoms with van der Waals surface area (Å²) in [5.41, 5.74) is 2.04. The van der Waals surface area contributed by atoms with Crippen LogP contribution in [0.4, 0.5) is 0 Å². The smallest absolute Gasteiger partial charge is 0.336 e. The summed E-state index contributed by atoms with van der Waals surface area (Å²) in [5, 5.41) is 2.88. The summed E-state index contributed by atoms with van der Waals surface area (Å²) < 4.78 is 16.2. The van der Waals surface area contributed by atoms with Gasteiger partial charge in [-0.05, 0) is 34.7 Å². The lowest BCUT2D eigenvalue weighted by molar-refractivity contribution is 0.174. The molecule has 0 fully saturated rings. The van der Waals surface area contributed by atoms with Crippen LogP contribution in [0.1, 0.15) is 11.1 Å². The van der Waals surface area contributed by atoms with E-state index in [1.54, 1.807) is 0 Å². The normalized spacial score (nSPS) is 13.1. The first-order valence-electron chi connectivity index (χ1n) is 8.31. The standard InChI is InChI=1S/C22H14O4/c23-21-12-16(7-5-14-6-10-19-20(11-14)25-13-24-19)18-9-8-15-3-1-2-4-17(15)22(18)26-21/h1-12H,13H2. The molecule has 0 atom stereocenters. The second kappa shape index (κ2) is 5.77. The Kier molecular flexibility index (Phi) is 3.28. The van der Waals surface area contributed by atoms with Crippen LogP contribution >= 0.6 is 0 Å². The monoisotopic (exact) mass is 342 g/mol. The van der Waals surface area contributed by atoms with Gasteiger partial charge in [0.15, 0.2) is 11.5 Å². The van der Waals surface area contributed by atoms with Crippen LogP contribution in [-0.2, 0) is 0 Å². The number of rotatable bonds is 2. The SMILES string of the molecule is O=c1cc(C=Cc2ccc3c(c2)OCO3)c2ccc3ccccc3c2o1. The summed E-state index contributed by atoms with van der Waals surface area (Å²) in [7, 11) is 0. The molecule has 0 bridgehead atoms. The Morgan fingerprint density at radius 3 is 2.65 bits per heavy atom. The van der Waals surface area contributed by atoms with Crippen molar-refractivity contribution in [3.05, 3.63) is 82.2 Å². The number of fused-ring (bicyclic) bond motifs is 4. The molecular formula is C22H14O4. The van der Waals surface area contributed by atoms with Gasteiger partial charge in [0.25, 0.3) is 0 Å². The molecule has 0 saturated heterocycles. The molecule has 5 rings (SSSR count). The summed E-state index contributed by atoms with van der Waals surface area (Å²) in [6, 6.07) is 19.2. The van der Waals surface area contributed by atoms with E-state index < -0.39 is 0 Å². The fourth-order valence-electron chi connectivity index (χ4n) is 3.26. The van der Waals surface area contributed by atoms with Gasteiger partial charge in [-0.3, -0.25) is 0 Å². The predicted octanol–water partition coefficient (Wildman–Crippen LogP) is 4.85. The molecule has 0 N–H and O–H groups in total. The fourth-order valence-corrected chi connectivity index (χ4v) is 3.26. The van der Waals surface area contributed by atoms with E-state index in [0.29, 0.717) is 5.58 Å². The zero-order valence-corrected chi connectivity index (χ0v) is 13.8. The molecule has 4 aromatic rings. The molecular weight excluding hydrogens is 328 g/mol. The maximum Gasteiger partial charge on any atom is 0.336 e. The van der Waals surface area contributed by atoms with Crippen LogP contribution < -0.4 is 15.1 Å². The van der Waals surface area contributed by atoms with Crippen molar-refractivity contribution in [3.8, 4) is 11.5 Å². The van der Waals surface area contributed by atoms with Gasteiger partial charge in [-0.1, -0.05) is 48.6 Å². The molecule has 0 spiro atoms. The first-order valence-corrected chi connectivity index (χ1v) is 8.31. The van der Waals surface area contributed by atoms with E-state index >= 15 is 0 Å². The summed E-state index contributed by atoms with van der Waals surface area (Å²) in [6.45, 7) is 0.250. The zero-order chi connectivity index (χ0) is 17.5. The van der Waals surface area contributed by atoms with E-state index in [1.807, 2.05) is 66.7 Å². The second-order valence-corrected chi connectivity index (χ2v) is 6.13. The van der Waals surface area contributed by atoms with Crippen molar-refractivity contribution >= 4 is 33.9 Å². The number of benzene rings is 3. The van der Waals surface area contributed by atoms with Crippen LogP contribution in [0, 0.1) is 0 Å². The largest absolute Gasteiger partial charge is 0.454 e. The zero-order valence-electron chi connectivity index (χ0n) is 13.8. The molecule has 0 unspecified atom stereocenters. The Morgan fingerprint density at radius 2 is 1.69 bits per heavy atom. The fraction of sp³-hybridized carbons (Fsp3) is 0.0455. The molecule has 4 heteroatoms. The van der Waals surface area contributed by atoms with E-state index in [0.717, 1.165) is 38.8 Å². The van der Waals surface area contributed by atoms with Crippen LogP contribution in [0.3, 0.4) is 0 Å². The molecule has 2 heterocycles.